The quantitative estimate of drug-likeness (QED) is 0.380. The summed E-state index contributed by atoms with van der Waals surface area (Å²) < 4.78 is 21.6. The zero-order chi connectivity index (χ0) is 23.5. The van der Waals surface area contributed by atoms with E-state index in [1.807, 2.05) is 47.4 Å². The average Bonchev–Trinajstić information content (AvgIpc) is 2.86. The molecule has 7 nitrogen and oxygen atoms in total. The largest absolute Gasteiger partial charge is 0.493 e. The van der Waals surface area contributed by atoms with Gasteiger partial charge in [-0.2, -0.15) is 0 Å². The predicted molar refractivity (Wildman–Crippen MR) is 126 cm³/mol. The van der Waals surface area contributed by atoms with Crippen LogP contribution in [0, 0.1) is 0 Å². The van der Waals surface area contributed by atoms with Gasteiger partial charge in [-0.1, -0.05) is 24.3 Å². The maximum Gasteiger partial charge on any atom is 0.306 e. The van der Waals surface area contributed by atoms with Crippen LogP contribution in [0.25, 0.3) is 11.1 Å². The number of hydrogen-bond donors (Lipinski definition) is 0. The van der Waals surface area contributed by atoms with E-state index in [2.05, 4.69) is 0 Å². The van der Waals surface area contributed by atoms with Gasteiger partial charge in [0, 0.05) is 50.8 Å². The number of carbonyl (C=O) groups is 2. The van der Waals surface area contributed by atoms with Gasteiger partial charge < -0.3 is 23.8 Å². The van der Waals surface area contributed by atoms with Crippen LogP contribution in [0.3, 0.4) is 0 Å². The zero-order valence-corrected chi connectivity index (χ0v) is 19.5. The number of morpholine rings is 1. The Balaban J connectivity index is 1.76. The van der Waals surface area contributed by atoms with Gasteiger partial charge in [0.15, 0.2) is 0 Å². The molecule has 0 N–H and O–H groups in total. The molecular formula is C26H33NO6. The molecule has 3 rings (SSSR count). The van der Waals surface area contributed by atoms with E-state index >= 15 is 0 Å². The van der Waals surface area contributed by atoms with Crippen LogP contribution in [0.5, 0.6) is 5.75 Å². The number of aryl methyl sites for hydroxylation is 1. The molecule has 1 fully saturated rings. The van der Waals surface area contributed by atoms with Gasteiger partial charge in [-0.25, -0.2) is 0 Å². The SMILES string of the molecule is CCOC(=O)CCc1ccc(-c2ccc(C(=O)N3CCOCC3)cc2)c(OCCCOC)c1. The Labute approximate surface area is 195 Å². The smallest absolute Gasteiger partial charge is 0.306 e. The number of esters is 1. The molecule has 0 radical (unpaired) electrons. The van der Waals surface area contributed by atoms with Crippen LogP contribution in [-0.2, 0) is 25.4 Å². The maximum absolute atomic E-state index is 12.7. The molecule has 0 unspecified atom stereocenters. The van der Waals surface area contributed by atoms with Crippen LogP contribution < -0.4 is 4.74 Å². The number of rotatable bonds is 11. The van der Waals surface area contributed by atoms with Crippen LogP contribution >= 0.6 is 0 Å². The Bertz CT molecular complexity index is 905. The van der Waals surface area contributed by atoms with Gasteiger partial charge in [0.1, 0.15) is 5.75 Å². The summed E-state index contributed by atoms with van der Waals surface area (Å²) in [7, 11) is 1.67. The summed E-state index contributed by atoms with van der Waals surface area (Å²) in [5.74, 6) is 0.569. The van der Waals surface area contributed by atoms with Crippen LogP contribution in [0.4, 0.5) is 0 Å². The van der Waals surface area contributed by atoms with E-state index in [1.165, 1.54) is 0 Å². The van der Waals surface area contributed by atoms with Crippen molar-refractivity contribution in [2.45, 2.75) is 26.2 Å². The summed E-state index contributed by atoms with van der Waals surface area (Å²) in [6, 6.07) is 13.6. The van der Waals surface area contributed by atoms with Crippen LogP contribution in [0.1, 0.15) is 35.7 Å². The van der Waals surface area contributed by atoms with Crippen LogP contribution in [0.2, 0.25) is 0 Å². The van der Waals surface area contributed by atoms with Crippen molar-refractivity contribution < 1.29 is 28.5 Å². The lowest BCUT2D eigenvalue weighted by atomic mass is 9.99. The number of benzene rings is 2. The van der Waals surface area contributed by atoms with Crippen molar-refractivity contribution in [3.8, 4) is 16.9 Å². The third-order valence-corrected chi connectivity index (χ3v) is 5.46. The topological polar surface area (TPSA) is 74.3 Å². The summed E-state index contributed by atoms with van der Waals surface area (Å²) in [5.41, 5.74) is 3.58. The lowest BCUT2D eigenvalue weighted by molar-refractivity contribution is -0.143. The molecule has 0 bridgehead atoms. The fraction of sp³-hybridized carbons (Fsp3) is 0.462. The number of methoxy groups -OCH3 is 1. The second-order valence-corrected chi connectivity index (χ2v) is 7.81. The highest BCUT2D eigenvalue weighted by Gasteiger charge is 2.19. The highest BCUT2D eigenvalue weighted by Crippen LogP contribution is 2.32. The fourth-order valence-corrected chi connectivity index (χ4v) is 3.69. The number of nitrogens with zero attached hydrogens (tertiary/aromatic N) is 1. The van der Waals surface area contributed by atoms with E-state index in [4.69, 9.17) is 18.9 Å². The van der Waals surface area contributed by atoms with E-state index in [9.17, 15) is 9.59 Å². The molecule has 7 heteroatoms. The standard InChI is InChI=1S/C26H33NO6/c1-3-32-25(28)12-6-20-5-11-23(24(19-20)33-16-4-15-30-2)21-7-9-22(10-8-21)26(29)27-13-17-31-18-14-27/h5,7-11,19H,3-4,6,12-18H2,1-2H3. The molecule has 0 aliphatic carbocycles. The number of ether oxygens (including phenoxy) is 4. The predicted octanol–water partition coefficient (Wildman–Crippen LogP) is 3.74. The maximum atomic E-state index is 12.7. The second kappa shape index (κ2) is 13.0. The number of amides is 1. The monoisotopic (exact) mass is 455 g/mol. The van der Waals surface area contributed by atoms with Gasteiger partial charge in [-0.05, 0) is 42.7 Å². The van der Waals surface area contributed by atoms with Crippen molar-refractivity contribution in [1.29, 1.82) is 0 Å². The Hall–Kier alpha value is -2.90. The third-order valence-electron chi connectivity index (χ3n) is 5.46. The van der Waals surface area contributed by atoms with Crippen molar-refractivity contribution in [2.75, 3.05) is 53.2 Å². The number of carbonyl (C=O) groups excluding carboxylic acids is 2. The van der Waals surface area contributed by atoms with Crippen molar-refractivity contribution in [3.63, 3.8) is 0 Å². The second-order valence-electron chi connectivity index (χ2n) is 7.81. The lowest BCUT2D eigenvalue weighted by Gasteiger charge is -2.26. The molecular weight excluding hydrogens is 422 g/mol. The first-order chi connectivity index (χ1) is 16.1. The van der Waals surface area contributed by atoms with Crippen LogP contribution in [-0.4, -0.2) is 70.0 Å². The van der Waals surface area contributed by atoms with Gasteiger partial charge in [0.05, 0.1) is 26.4 Å². The molecule has 0 spiro atoms. The van der Waals surface area contributed by atoms with Crippen LogP contribution in [0.15, 0.2) is 42.5 Å². The average molecular weight is 456 g/mol. The first kappa shape index (κ1) is 24.7. The van der Waals surface area contributed by atoms with E-state index in [1.54, 1.807) is 14.0 Å². The molecule has 1 aliphatic heterocycles. The van der Waals surface area contributed by atoms with Gasteiger partial charge in [0.2, 0.25) is 0 Å². The summed E-state index contributed by atoms with van der Waals surface area (Å²) in [5, 5.41) is 0. The normalized spacial score (nSPS) is 13.6. The van der Waals surface area contributed by atoms with E-state index < -0.39 is 0 Å². The molecule has 1 saturated heterocycles. The molecule has 0 atom stereocenters. The summed E-state index contributed by atoms with van der Waals surface area (Å²) in [6.45, 7) is 5.73. The number of hydrogen-bond acceptors (Lipinski definition) is 6. The molecule has 0 aromatic heterocycles. The molecule has 0 saturated carbocycles. The Morgan fingerprint density at radius 1 is 1.03 bits per heavy atom. The van der Waals surface area contributed by atoms with Crippen molar-refractivity contribution in [1.82, 2.24) is 4.90 Å². The van der Waals surface area contributed by atoms with Crippen molar-refractivity contribution >= 4 is 11.9 Å². The molecule has 178 valence electrons. The van der Waals surface area contributed by atoms with Gasteiger partial charge >= 0.3 is 5.97 Å². The highest BCUT2D eigenvalue weighted by molar-refractivity contribution is 5.95. The molecule has 33 heavy (non-hydrogen) atoms. The summed E-state index contributed by atoms with van der Waals surface area (Å²) >= 11 is 0. The van der Waals surface area contributed by atoms with Crippen molar-refractivity contribution in [2.24, 2.45) is 0 Å². The van der Waals surface area contributed by atoms with E-state index in [-0.39, 0.29) is 11.9 Å². The summed E-state index contributed by atoms with van der Waals surface area (Å²) in [6.07, 6.45) is 1.69. The fourth-order valence-electron chi connectivity index (χ4n) is 3.69. The van der Waals surface area contributed by atoms with Gasteiger partial charge in [-0.3, -0.25) is 9.59 Å². The Kier molecular flexibility index (Phi) is 9.72. The Morgan fingerprint density at radius 3 is 2.48 bits per heavy atom. The van der Waals surface area contributed by atoms with E-state index in [0.29, 0.717) is 64.5 Å². The lowest BCUT2D eigenvalue weighted by Crippen LogP contribution is -2.40. The van der Waals surface area contributed by atoms with Crippen molar-refractivity contribution in [3.05, 3.63) is 53.6 Å². The van der Waals surface area contributed by atoms with E-state index in [0.717, 1.165) is 28.9 Å². The molecule has 2 aromatic rings. The first-order valence-electron chi connectivity index (χ1n) is 11.5. The third kappa shape index (κ3) is 7.30. The zero-order valence-electron chi connectivity index (χ0n) is 19.5. The molecule has 2 aromatic carbocycles. The first-order valence-corrected chi connectivity index (χ1v) is 11.5. The minimum Gasteiger partial charge on any atom is -0.493 e. The minimum atomic E-state index is -0.204. The molecule has 1 heterocycles. The molecule has 1 amide bonds. The highest BCUT2D eigenvalue weighted by atomic mass is 16.5. The van der Waals surface area contributed by atoms with Gasteiger partial charge in [0.25, 0.3) is 5.91 Å². The van der Waals surface area contributed by atoms with Gasteiger partial charge in [-0.15, -0.1) is 0 Å². The Morgan fingerprint density at radius 2 is 1.79 bits per heavy atom. The minimum absolute atomic E-state index is 0.0233. The summed E-state index contributed by atoms with van der Waals surface area (Å²) in [4.78, 5) is 26.3. The molecule has 1 aliphatic rings.